The number of urea groups is 1. The zero-order chi connectivity index (χ0) is 25.5. The van der Waals surface area contributed by atoms with Gasteiger partial charge >= 0.3 is 18.0 Å². The van der Waals surface area contributed by atoms with Gasteiger partial charge in [-0.2, -0.15) is 0 Å². The Balaban J connectivity index is 0.000000371. The van der Waals surface area contributed by atoms with Crippen molar-refractivity contribution in [2.24, 2.45) is 5.73 Å². The number of fused-ring (bicyclic) bond motifs is 1. The quantitative estimate of drug-likeness (QED) is 0.274. The van der Waals surface area contributed by atoms with Gasteiger partial charge in [-0.05, 0) is 47.7 Å². The van der Waals surface area contributed by atoms with E-state index in [4.69, 9.17) is 15.9 Å². The molecule has 11 heteroatoms. The zero-order valence-corrected chi connectivity index (χ0v) is 19.8. The molecule has 3 aromatic rings. The molecule has 5 N–H and O–H groups in total. The van der Waals surface area contributed by atoms with Gasteiger partial charge in [0, 0.05) is 47.6 Å². The third-order valence-electron chi connectivity index (χ3n) is 5.48. The summed E-state index contributed by atoms with van der Waals surface area (Å²) in [6.07, 6.45) is 4.44. The number of aromatic amines is 1. The molecule has 1 aromatic carbocycles. The molecule has 2 aromatic heterocycles. The van der Waals surface area contributed by atoms with Crippen LogP contribution in [0.15, 0.2) is 54.1 Å². The van der Waals surface area contributed by atoms with Crippen molar-refractivity contribution in [2.45, 2.75) is 25.4 Å². The fourth-order valence-corrected chi connectivity index (χ4v) is 4.51. The predicted octanol–water partition coefficient (Wildman–Crippen LogP) is 2.45. The number of likely N-dealkylation sites (N-methyl/N-ethyl adjacent to an activating group) is 1. The average molecular weight is 499 g/mol. The van der Waals surface area contributed by atoms with E-state index in [2.05, 4.69) is 4.98 Å². The highest BCUT2D eigenvalue weighted by atomic mass is 32.1. The van der Waals surface area contributed by atoms with Crippen molar-refractivity contribution >= 4 is 46.1 Å². The largest absolute Gasteiger partial charge is 0.478 e. The van der Waals surface area contributed by atoms with Gasteiger partial charge < -0.3 is 25.8 Å². The first-order chi connectivity index (χ1) is 16.7. The number of hydrogen-bond acceptors (Lipinski definition) is 6. The van der Waals surface area contributed by atoms with Gasteiger partial charge in [0.2, 0.25) is 0 Å². The molecular formula is C24H26N4O6S. The summed E-state index contributed by atoms with van der Waals surface area (Å²) in [5.41, 5.74) is 8.81. The molecule has 0 saturated carbocycles. The third-order valence-corrected chi connectivity index (χ3v) is 6.38. The van der Waals surface area contributed by atoms with Gasteiger partial charge in [0.15, 0.2) is 0 Å². The van der Waals surface area contributed by atoms with Crippen molar-refractivity contribution in [3.05, 3.63) is 70.1 Å². The van der Waals surface area contributed by atoms with E-state index in [9.17, 15) is 19.2 Å². The molecule has 1 atom stereocenters. The van der Waals surface area contributed by atoms with E-state index in [0.29, 0.717) is 25.1 Å². The van der Waals surface area contributed by atoms with Crippen LogP contribution in [0.25, 0.3) is 10.9 Å². The zero-order valence-electron chi connectivity index (χ0n) is 19.0. The van der Waals surface area contributed by atoms with Gasteiger partial charge in [-0.25, -0.2) is 14.4 Å². The second-order valence-corrected chi connectivity index (χ2v) is 8.89. The van der Waals surface area contributed by atoms with Crippen LogP contribution in [0.5, 0.6) is 0 Å². The fourth-order valence-electron chi connectivity index (χ4n) is 3.76. The summed E-state index contributed by atoms with van der Waals surface area (Å²) in [6, 6.07) is 9.28. The third kappa shape index (κ3) is 6.34. The molecule has 1 saturated heterocycles. The summed E-state index contributed by atoms with van der Waals surface area (Å²) in [7, 11) is 1.70. The van der Waals surface area contributed by atoms with E-state index < -0.39 is 18.0 Å². The van der Waals surface area contributed by atoms with Crippen molar-refractivity contribution in [3.63, 3.8) is 0 Å². The van der Waals surface area contributed by atoms with E-state index in [1.54, 1.807) is 23.3 Å². The number of carboxylic acids is 2. The predicted molar refractivity (Wildman–Crippen MR) is 131 cm³/mol. The first-order valence-electron chi connectivity index (χ1n) is 10.7. The number of aromatic nitrogens is 1. The Morgan fingerprint density at radius 3 is 2.49 bits per heavy atom. The lowest BCUT2D eigenvalue weighted by molar-refractivity contribution is -0.134. The maximum atomic E-state index is 12.9. The number of benzene rings is 1. The number of aliphatic carboxylic acids is 2. The highest BCUT2D eigenvalue weighted by Gasteiger charge is 2.42. The van der Waals surface area contributed by atoms with Crippen LogP contribution in [-0.4, -0.2) is 68.5 Å². The van der Waals surface area contributed by atoms with Crippen LogP contribution in [0.2, 0.25) is 0 Å². The molecular weight excluding hydrogens is 472 g/mol. The maximum absolute atomic E-state index is 12.9. The van der Waals surface area contributed by atoms with Crippen LogP contribution in [0.1, 0.15) is 16.0 Å². The van der Waals surface area contributed by atoms with E-state index in [1.807, 2.05) is 41.9 Å². The Kier molecular flexibility index (Phi) is 8.39. The second kappa shape index (κ2) is 11.4. The molecule has 1 fully saturated rings. The molecule has 10 nitrogen and oxygen atoms in total. The topological polar surface area (TPSA) is 157 Å². The molecule has 1 aliphatic heterocycles. The van der Waals surface area contributed by atoms with Crippen molar-refractivity contribution < 1.29 is 29.4 Å². The van der Waals surface area contributed by atoms with Gasteiger partial charge in [-0.1, -0.05) is 12.1 Å². The molecule has 0 spiro atoms. The first kappa shape index (κ1) is 25.7. The lowest BCUT2D eigenvalue weighted by Gasteiger charge is -2.15. The number of rotatable bonds is 8. The number of nitrogens with zero attached hydrogens (tertiary/aromatic N) is 2. The summed E-state index contributed by atoms with van der Waals surface area (Å²) in [5.74, 6) is -2.65. The number of imide groups is 1. The van der Waals surface area contributed by atoms with Crippen LogP contribution in [0.4, 0.5) is 4.79 Å². The number of hydrogen-bond donors (Lipinski definition) is 4. The maximum Gasteiger partial charge on any atom is 0.328 e. The highest BCUT2D eigenvalue weighted by molar-refractivity contribution is 7.09. The van der Waals surface area contributed by atoms with Gasteiger partial charge in [-0.3, -0.25) is 9.69 Å². The number of carbonyl (C=O) groups is 4. The van der Waals surface area contributed by atoms with E-state index in [-0.39, 0.29) is 18.5 Å². The molecule has 0 bridgehead atoms. The first-order valence-corrected chi connectivity index (χ1v) is 11.6. The number of carbonyl (C=O) groups excluding carboxylic acids is 2. The van der Waals surface area contributed by atoms with Gasteiger partial charge in [0.05, 0.1) is 6.54 Å². The second-order valence-electron chi connectivity index (χ2n) is 7.86. The summed E-state index contributed by atoms with van der Waals surface area (Å²) < 4.78 is 0. The smallest absolute Gasteiger partial charge is 0.328 e. The lowest BCUT2D eigenvalue weighted by Crippen LogP contribution is -2.33. The average Bonchev–Trinajstić information content (AvgIpc) is 3.53. The molecule has 184 valence electrons. The number of carboxylic acid groups (broad SMARTS) is 2. The highest BCUT2D eigenvalue weighted by Crippen LogP contribution is 2.25. The lowest BCUT2D eigenvalue weighted by atomic mass is 10.1. The van der Waals surface area contributed by atoms with Crippen LogP contribution < -0.4 is 5.73 Å². The van der Waals surface area contributed by atoms with Gasteiger partial charge in [0.25, 0.3) is 5.91 Å². The summed E-state index contributed by atoms with van der Waals surface area (Å²) >= 11 is 1.61. The minimum Gasteiger partial charge on any atom is -0.478 e. The van der Waals surface area contributed by atoms with Crippen LogP contribution in [0.3, 0.4) is 0 Å². The minimum atomic E-state index is -1.26. The van der Waals surface area contributed by atoms with Crippen molar-refractivity contribution in [2.75, 3.05) is 13.6 Å². The Hall–Kier alpha value is -3.96. The fraction of sp³-hybridized carbons (Fsp3) is 0.250. The van der Waals surface area contributed by atoms with E-state index >= 15 is 0 Å². The van der Waals surface area contributed by atoms with E-state index in [1.165, 1.54) is 4.90 Å². The molecule has 0 radical (unpaired) electrons. The standard InChI is InChI=1S/C20H22N4O2S.C4H4O4/c1-23-18(10-15-3-2-8-27-15)19(25)24(20(23)26)12-13-4-5-17-16(9-13)14(6-7-21)11-22-17;5-3(6)1-2-4(7)8/h2-5,8-9,11,18,22H,6-7,10,12,21H2,1H3;1-2H,(H,5,6)(H,7,8). The number of nitrogens with one attached hydrogen (secondary N) is 1. The summed E-state index contributed by atoms with van der Waals surface area (Å²) in [6.45, 7) is 0.863. The Labute approximate surface area is 205 Å². The van der Waals surface area contributed by atoms with Crippen molar-refractivity contribution in [1.82, 2.24) is 14.8 Å². The molecule has 3 amide bonds. The number of amides is 3. The Morgan fingerprint density at radius 2 is 1.89 bits per heavy atom. The number of thiophene rings is 1. The molecule has 0 aliphatic carbocycles. The Morgan fingerprint density at radius 1 is 1.17 bits per heavy atom. The Bertz CT molecular complexity index is 1230. The molecule has 4 rings (SSSR count). The molecule has 3 heterocycles. The van der Waals surface area contributed by atoms with Crippen molar-refractivity contribution in [3.8, 4) is 0 Å². The van der Waals surface area contributed by atoms with Gasteiger partial charge in [0.1, 0.15) is 6.04 Å². The molecule has 1 aliphatic rings. The van der Waals surface area contributed by atoms with Gasteiger partial charge in [-0.15, -0.1) is 11.3 Å². The number of H-pyrrole nitrogens is 1. The van der Waals surface area contributed by atoms with Crippen LogP contribution in [-0.2, 0) is 33.8 Å². The minimum absolute atomic E-state index is 0.132. The normalized spacial score (nSPS) is 15.7. The monoisotopic (exact) mass is 498 g/mol. The van der Waals surface area contributed by atoms with Crippen LogP contribution >= 0.6 is 11.3 Å². The molecule has 35 heavy (non-hydrogen) atoms. The summed E-state index contributed by atoms with van der Waals surface area (Å²) in [5, 5.41) is 18.7. The van der Waals surface area contributed by atoms with E-state index in [0.717, 1.165) is 33.3 Å². The van der Waals surface area contributed by atoms with Crippen LogP contribution in [0, 0.1) is 0 Å². The molecule has 1 unspecified atom stereocenters. The van der Waals surface area contributed by atoms with Crippen molar-refractivity contribution in [1.29, 1.82) is 0 Å². The number of nitrogens with two attached hydrogens (primary N) is 1. The SMILES string of the molecule is CN1C(=O)N(Cc2ccc3[nH]cc(CCN)c3c2)C(=O)C1Cc1cccs1.O=C(O)C=CC(=O)O. The summed E-state index contributed by atoms with van der Waals surface area (Å²) in [4.78, 5) is 51.9.